The van der Waals surface area contributed by atoms with Crippen LogP contribution in [-0.4, -0.2) is 17.1 Å². The molecular weight excluding hydrogens is 288 g/mol. The third-order valence-electron chi connectivity index (χ3n) is 3.45. The molecule has 1 aliphatic rings. The van der Waals surface area contributed by atoms with E-state index in [1.165, 1.54) is 0 Å². The first kappa shape index (κ1) is 13.9. The Morgan fingerprint density at radius 1 is 1.38 bits per heavy atom. The molecule has 0 unspecified atom stereocenters. The van der Waals surface area contributed by atoms with Crippen LogP contribution in [0.15, 0.2) is 24.3 Å². The number of benzene rings is 1. The smallest absolute Gasteiger partial charge is 0.136 e. The van der Waals surface area contributed by atoms with Crippen molar-refractivity contribution in [3.05, 3.63) is 40.7 Å². The number of nitrogens with two attached hydrogens (primary N) is 1. The zero-order valence-electron chi connectivity index (χ0n) is 11.8. The normalized spacial score (nSPS) is 14.0. The molecule has 1 aromatic heterocycles. The molecular formula is C15H17ClN4O. The molecule has 1 heterocycles. The molecule has 2 aromatic rings. The second-order valence-corrected chi connectivity index (χ2v) is 5.49. The molecule has 0 saturated heterocycles. The second-order valence-electron chi connectivity index (χ2n) is 5.08. The predicted molar refractivity (Wildman–Crippen MR) is 83.8 cm³/mol. The monoisotopic (exact) mass is 304 g/mol. The Bertz CT molecular complexity index is 658. The van der Waals surface area contributed by atoms with Crippen LogP contribution in [0.4, 0.5) is 11.6 Å². The summed E-state index contributed by atoms with van der Waals surface area (Å²) < 4.78 is 5.33. The quantitative estimate of drug-likeness (QED) is 0.887. The van der Waals surface area contributed by atoms with Crippen molar-refractivity contribution in [1.82, 2.24) is 9.97 Å². The van der Waals surface area contributed by atoms with Crippen LogP contribution in [0.1, 0.15) is 30.1 Å². The maximum Gasteiger partial charge on any atom is 0.136 e. The molecule has 1 aliphatic carbocycles. The highest BCUT2D eigenvalue weighted by Gasteiger charge is 2.27. The summed E-state index contributed by atoms with van der Waals surface area (Å²) in [6.07, 6.45) is 2.28. The van der Waals surface area contributed by atoms with Gasteiger partial charge < -0.3 is 15.8 Å². The molecule has 3 rings (SSSR count). The van der Waals surface area contributed by atoms with Gasteiger partial charge in [0.25, 0.3) is 0 Å². The molecule has 0 spiro atoms. The Labute approximate surface area is 128 Å². The summed E-state index contributed by atoms with van der Waals surface area (Å²) in [6, 6.07) is 7.31. The van der Waals surface area contributed by atoms with E-state index >= 15 is 0 Å². The fourth-order valence-electron chi connectivity index (χ4n) is 2.18. The van der Waals surface area contributed by atoms with Gasteiger partial charge in [0.05, 0.1) is 7.11 Å². The van der Waals surface area contributed by atoms with Crippen molar-refractivity contribution >= 4 is 23.2 Å². The number of nitrogens with one attached hydrogen (secondary N) is 1. The lowest BCUT2D eigenvalue weighted by molar-refractivity contribution is 0.410. The van der Waals surface area contributed by atoms with Gasteiger partial charge in [-0.2, -0.15) is 0 Å². The van der Waals surface area contributed by atoms with Crippen LogP contribution in [0.5, 0.6) is 5.75 Å². The van der Waals surface area contributed by atoms with Gasteiger partial charge in [-0.25, -0.2) is 9.97 Å². The van der Waals surface area contributed by atoms with Gasteiger partial charge >= 0.3 is 0 Å². The van der Waals surface area contributed by atoms with Crippen molar-refractivity contribution in [2.45, 2.75) is 25.3 Å². The third kappa shape index (κ3) is 3.19. The Morgan fingerprint density at radius 3 is 2.90 bits per heavy atom. The van der Waals surface area contributed by atoms with Crippen molar-refractivity contribution in [3.8, 4) is 5.75 Å². The topological polar surface area (TPSA) is 73.1 Å². The average molecular weight is 305 g/mol. The van der Waals surface area contributed by atoms with E-state index in [-0.39, 0.29) is 0 Å². The van der Waals surface area contributed by atoms with E-state index in [9.17, 15) is 0 Å². The Morgan fingerprint density at radius 2 is 2.19 bits per heavy atom. The van der Waals surface area contributed by atoms with Crippen molar-refractivity contribution in [1.29, 1.82) is 0 Å². The Hall–Kier alpha value is -2.01. The van der Waals surface area contributed by atoms with Crippen LogP contribution in [-0.2, 0) is 6.54 Å². The molecule has 0 amide bonds. The summed E-state index contributed by atoms with van der Waals surface area (Å²) in [5, 5.41) is 3.90. The van der Waals surface area contributed by atoms with Gasteiger partial charge in [0.1, 0.15) is 23.2 Å². The molecule has 0 atom stereocenters. The molecule has 5 nitrogen and oxygen atoms in total. The average Bonchev–Trinajstić information content (AvgIpc) is 3.29. The van der Waals surface area contributed by atoms with Crippen molar-refractivity contribution in [3.63, 3.8) is 0 Å². The largest absolute Gasteiger partial charge is 0.496 e. The van der Waals surface area contributed by atoms with Gasteiger partial charge in [-0.15, -0.1) is 0 Å². The lowest BCUT2D eigenvalue weighted by Crippen LogP contribution is -2.07. The Kier molecular flexibility index (Phi) is 3.84. The first-order chi connectivity index (χ1) is 10.2. The van der Waals surface area contributed by atoms with Gasteiger partial charge in [-0.1, -0.05) is 17.7 Å². The van der Waals surface area contributed by atoms with Crippen LogP contribution in [0, 0.1) is 0 Å². The molecule has 0 radical (unpaired) electrons. The van der Waals surface area contributed by atoms with Gasteiger partial charge in [0.15, 0.2) is 0 Å². The highest BCUT2D eigenvalue weighted by atomic mass is 35.5. The molecule has 110 valence electrons. The fraction of sp³-hybridized carbons (Fsp3) is 0.333. The van der Waals surface area contributed by atoms with Gasteiger partial charge in [-0.05, 0) is 25.0 Å². The second kappa shape index (κ2) is 5.77. The van der Waals surface area contributed by atoms with E-state index in [4.69, 9.17) is 22.1 Å². The summed E-state index contributed by atoms with van der Waals surface area (Å²) in [7, 11) is 1.63. The third-order valence-corrected chi connectivity index (χ3v) is 3.80. The first-order valence-corrected chi connectivity index (χ1v) is 7.25. The molecule has 1 saturated carbocycles. The SMILES string of the molecule is COc1cccc(Cl)c1CNc1cc(N)nc(C2CC2)n1. The molecule has 1 aromatic carbocycles. The number of hydrogen-bond acceptors (Lipinski definition) is 5. The lowest BCUT2D eigenvalue weighted by atomic mass is 10.2. The number of halogens is 1. The maximum atomic E-state index is 6.22. The number of hydrogen-bond donors (Lipinski definition) is 2. The molecule has 21 heavy (non-hydrogen) atoms. The molecule has 6 heteroatoms. The predicted octanol–water partition coefficient (Wildman–Crippen LogP) is 3.21. The van der Waals surface area contributed by atoms with E-state index in [0.717, 1.165) is 30.0 Å². The summed E-state index contributed by atoms with van der Waals surface area (Å²) in [5.74, 6) is 3.24. The number of aromatic nitrogens is 2. The lowest BCUT2D eigenvalue weighted by Gasteiger charge is -2.12. The maximum absolute atomic E-state index is 6.22. The number of anilines is 2. The summed E-state index contributed by atoms with van der Waals surface area (Å²) in [6.45, 7) is 0.517. The minimum absolute atomic E-state index is 0.462. The highest BCUT2D eigenvalue weighted by Crippen LogP contribution is 2.38. The standard InChI is InChI=1S/C15H17ClN4O/c1-21-12-4-2-3-11(16)10(12)8-18-14-7-13(17)19-15(20-14)9-5-6-9/h2-4,7,9H,5-6,8H2,1H3,(H3,17,18,19,20). The van der Waals surface area contributed by atoms with Gasteiger partial charge in [0, 0.05) is 29.1 Å². The van der Waals surface area contributed by atoms with E-state index in [1.54, 1.807) is 13.2 Å². The minimum Gasteiger partial charge on any atom is -0.496 e. The van der Waals surface area contributed by atoms with Crippen LogP contribution < -0.4 is 15.8 Å². The van der Waals surface area contributed by atoms with Crippen LogP contribution in [0.2, 0.25) is 5.02 Å². The first-order valence-electron chi connectivity index (χ1n) is 6.87. The number of methoxy groups -OCH3 is 1. The van der Waals surface area contributed by atoms with E-state index < -0.39 is 0 Å². The number of ether oxygens (including phenoxy) is 1. The van der Waals surface area contributed by atoms with Crippen LogP contribution in [0.25, 0.3) is 0 Å². The zero-order valence-corrected chi connectivity index (χ0v) is 12.5. The zero-order chi connectivity index (χ0) is 14.8. The van der Waals surface area contributed by atoms with Crippen LogP contribution in [0.3, 0.4) is 0 Å². The van der Waals surface area contributed by atoms with Crippen LogP contribution >= 0.6 is 11.6 Å². The minimum atomic E-state index is 0.462. The summed E-state index contributed by atoms with van der Waals surface area (Å²) in [4.78, 5) is 8.79. The van der Waals surface area contributed by atoms with E-state index in [1.807, 2.05) is 18.2 Å². The van der Waals surface area contributed by atoms with E-state index in [2.05, 4.69) is 15.3 Å². The summed E-state index contributed by atoms with van der Waals surface area (Å²) in [5.41, 5.74) is 6.73. The van der Waals surface area contributed by atoms with Crippen molar-refractivity contribution < 1.29 is 4.74 Å². The van der Waals surface area contributed by atoms with E-state index in [0.29, 0.717) is 29.1 Å². The van der Waals surface area contributed by atoms with Crippen molar-refractivity contribution in [2.75, 3.05) is 18.2 Å². The van der Waals surface area contributed by atoms with Gasteiger partial charge in [0.2, 0.25) is 0 Å². The number of nitrogens with zero attached hydrogens (tertiary/aromatic N) is 2. The molecule has 0 bridgehead atoms. The van der Waals surface area contributed by atoms with Gasteiger partial charge in [-0.3, -0.25) is 0 Å². The highest BCUT2D eigenvalue weighted by molar-refractivity contribution is 6.31. The summed E-state index contributed by atoms with van der Waals surface area (Å²) >= 11 is 6.22. The Balaban J connectivity index is 1.79. The molecule has 0 aliphatic heterocycles. The van der Waals surface area contributed by atoms with Crippen molar-refractivity contribution in [2.24, 2.45) is 0 Å². The fourth-order valence-corrected chi connectivity index (χ4v) is 2.41. The number of rotatable bonds is 5. The molecule has 3 N–H and O–H groups in total. The number of nitrogen functional groups attached to an aromatic ring is 1. The molecule has 1 fully saturated rings.